The molecule has 0 N–H and O–H groups in total. The first-order valence-electron chi connectivity index (χ1n) is 5.92. The Hall–Kier alpha value is -1.31. The number of likely N-dealkylation sites (N-methyl/N-ethyl adjacent to an activating group) is 1. The average Bonchev–Trinajstić information content (AvgIpc) is 2.25. The largest absolute Gasteiger partial charge is 0.343 e. The molecule has 1 rings (SSSR count). The number of carbonyl (C=O) groups is 1. The van der Waals surface area contributed by atoms with Gasteiger partial charge in [-0.1, -0.05) is 18.2 Å². The van der Waals surface area contributed by atoms with Crippen LogP contribution >= 0.6 is 0 Å². The zero-order chi connectivity index (χ0) is 12.1. The highest BCUT2D eigenvalue weighted by molar-refractivity contribution is 5.78. The van der Waals surface area contributed by atoms with Crippen LogP contribution in [0.1, 0.15) is 30.5 Å². The standard InChI is InChI=1S/C14H21NO/c1-5-15(6-2)14(16)10-13-8-7-11(3)12(4)9-13/h7-9H,5-6,10H2,1-4H3. The van der Waals surface area contributed by atoms with E-state index in [9.17, 15) is 4.79 Å². The van der Waals surface area contributed by atoms with Crippen molar-refractivity contribution in [3.05, 3.63) is 34.9 Å². The Kier molecular flexibility index (Phi) is 4.53. The minimum absolute atomic E-state index is 0.216. The number of hydrogen-bond acceptors (Lipinski definition) is 1. The van der Waals surface area contributed by atoms with Gasteiger partial charge in [-0.15, -0.1) is 0 Å². The molecule has 1 amide bonds. The van der Waals surface area contributed by atoms with Crippen LogP contribution in [-0.2, 0) is 11.2 Å². The molecule has 0 aromatic heterocycles. The molecule has 16 heavy (non-hydrogen) atoms. The molecule has 0 unspecified atom stereocenters. The van der Waals surface area contributed by atoms with Gasteiger partial charge in [-0.3, -0.25) is 4.79 Å². The van der Waals surface area contributed by atoms with Gasteiger partial charge in [-0.25, -0.2) is 0 Å². The van der Waals surface area contributed by atoms with Gasteiger partial charge < -0.3 is 4.90 Å². The fourth-order valence-corrected chi connectivity index (χ4v) is 1.78. The highest BCUT2D eigenvalue weighted by Gasteiger charge is 2.10. The molecule has 0 aliphatic rings. The lowest BCUT2D eigenvalue weighted by molar-refractivity contribution is -0.130. The molecule has 2 nitrogen and oxygen atoms in total. The first kappa shape index (κ1) is 12.8. The monoisotopic (exact) mass is 219 g/mol. The van der Waals surface area contributed by atoms with E-state index in [1.54, 1.807) is 0 Å². The molecule has 88 valence electrons. The van der Waals surface area contributed by atoms with Gasteiger partial charge in [-0.2, -0.15) is 0 Å². The van der Waals surface area contributed by atoms with Crippen molar-refractivity contribution in [3.8, 4) is 0 Å². The highest BCUT2D eigenvalue weighted by atomic mass is 16.2. The minimum Gasteiger partial charge on any atom is -0.343 e. The molecule has 0 heterocycles. The Bertz CT molecular complexity index is 367. The van der Waals surface area contributed by atoms with Gasteiger partial charge in [0.1, 0.15) is 0 Å². The van der Waals surface area contributed by atoms with Crippen LogP contribution in [0.2, 0.25) is 0 Å². The number of hydrogen-bond donors (Lipinski definition) is 0. The maximum Gasteiger partial charge on any atom is 0.226 e. The average molecular weight is 219 g/mol. The van der Waals surface area contributed by atoms with E-state index in [-0.39, 0.29) is 5.91 Å². The van der Waals surface area contributed by atoms with Gasteiger partial charge >= 0.3 is 0 Å². The molecule has 0 fully saturated rings. The maximum absolute atomic E-state index is 11.9. The summed E-state index contributed by atoms with van der Waals surface area (Å²) in [4.78, 5) is 13.8. The number of benzene rings is 1. The quantitative estimate of drug-likeness (QED) is 0.762. The van der Waals surface area contributed by atoms with E-state index < -0.39 is 0 Å². The molecule has 0 saturated heterocycles. The van der Waals surface area contributed by atoms with Gasteiger partial charge in [-0.05, 0) is 44.4 Å². The molecule has 0 saturated carbocycles. The maximum atomic E-state index is 11.9. The predicted octanol–water partition coefficient (Wildman–Crippen LogP) is 2.71. The van der Waals surface area contributed by atoms with Crippen LogP contribution < -0.4 is 0 Å². The van der Waals surface area contributed by atoms with Crippen molar-refractivity contribution >= 4 is 5.91 Å². The molecule has 2 heteroatoms. The SMILES string of the molecule is CCN(CC)C(=O)Cc1ccc(C)c(C)c1. The smallest absolute Gasteiger partial charge is 0.226 e. The van der Waals surface area contributed by atoms with Crippen molar-refractivity contribution in [1.82, 2.24) is 4.90 Å². The number of carbonyl (C=O) groups excluding carboxylic acids is 1. The van der Waals surface area contributed by atoms with E-state index in [1.807, 2.05) is 24.8 Å². The summed E-state index contributed by atoms with van der Waals surface area (Å²) in [5, 5.41) is 0. The summed E-state index contributed by atoms with van der Waals surface area (Å²) in [6.07, 6.45) is 0.517. The first-order valence-corrected chi connectivity index (χ1v) is 5.92. The van der Waals surface area contributed by atoms with E-state index >= 15 is 0 Å². The Morgan fingerprint density at radius 2 is 1.75 bits per heavy atom. The van der Waals surface area contributed by atoms with Crippen LogP contribution in [-0.4, -0.2) is 23.9 Å². The Labute approximate surface area is 98.3 Å². The fraction of sp³-hybridized carbons (Fsp3) is 0.500. The van der Waals surface area contributed by atoms with E-state index in [0.717, 1.165) is 18.7 Å². The van der Waals surface area contributed by atoms with Crippen LogP contribution in [0.3, 0.4) is 0 Å². The van der Waals surface area contributed by atoms with Crippen molar-refractivity contribution in [2.45, 2.75) is 34.1 Å². The lowest BCUT2D eigenvalue weighted by Gasteiger charge is -2.18. The molecule has 0 aliphatic heterocycles. The Morgan fingerprint density at radius 3 is 2.25 bits per heavy atom. The Balaban J connectivity index is 2.73. The molecule has 0 spiro atoms. The third kappa shape index (κ3) is 3.09. The number of aryl methyl sites for hydroxylation is 2. The van der Waals surface area contributed by atoms with Crippen molar-refractivity contribution in [3.63, 3.8) is 0 Å². The van der Waals surface area contributed by atoms with E-state index in [2.05, 4.69) is 26.0 Å². The van der Waals surface area contributed by atoms with Crippen LogP contribution in [0.4, 0.5) is 0 Å². The van der Waals surface area contributed by atoms with Gasteiger partial charge in [0.05, 0.1) is 6.42 Å². The molecular weight excluding hydrogens is 198 g/mol. The molecule has 0 radical (unpaired) electrons. The van der Waals surface area contributed by atoms with Crippen molar-refractivity contribution in [2.75, 3.05) is 13.1 Å². The summed E-state index contributed by atoms with van der Waals surface area (Å²) in [7, 11) is 0. The van der Waals surface area contributed by atoms with Crippen molar-refractivity contribution < 1.29 is 4.79 Å². The third-order valence-corrected chi connectivity index (χ3v) is 3.04. The number of nitrogens with zero attached hydrogens (tertiary/aromatic N) is 1. The van der Waals surface area contributed by atoms with Gasteiger partial charge in [0.15, 0.2) is 0 Å². The summed E-state index contributed by atoms with van der Waals surface area (Å²) in [5.41, 5.74) is 3.64. The zero-order valence-electron chi connectivity index (χ0n) is 10.7. The number of amides is 1. The molecule has 0 bridgehead atoms. The second-order valence-electron chi connectivity index (χ2n) is 4.16. The molecule has 0 aliphatic carbocycles. The molecule has 1 aromatic rings. The zero-order valence-corrected chi connectivity index (χ0v) is 10.7. The summed E-state index contributed by atoms with van der Waals surface area (Å²) >= 11 is 0. The normalized spacial score (nSPS) is 10.2. The highest BCUT2D eigenvalue weighted by Crippen LogP contribution is 2.11. The van der Waals surface area contributed by atoms with E-state index in [1.165, 1.54) is 11.1 Å². The summed E-state index contributed by atoms with van der Waals surface area (Å²) < 4.78 is 0. The lowest BCUT2D eigenvalue weighted by atomic mass is 10.0. The molecule has 0 atom stereocenters. The van der Waals surface area contributed by atoms with E-state index in [0.29, 0.717) is 6.42 Å². The molecule has 1 aromatic carbocycles. The second kappa shape index (κ2) is 5.69. The summed E-state index contributed by atoms with van der Waals surface area (Å²) in [6.45, 7) is 9.79. The fourth-order valence-electron chi connectivity index (χ4n) is 1.78. The van der Waals surface area contributed by atoms with Crippen LogP contribution in [0.25, 0.3) is 0 Å². The number of rotatable bonds is 4. The van der Waals surface area contributed by atoms with Crippen molar-refractivity contribution in [2.24, 2.45) is 0 Å². The van der Waals surface area contributed by atoms with Crippen molar-refractivity contribution in [1.29, 1.82) is 0 Å². The minimum atomic E-state index is 0.216. The molecular formula is C14H21NO. The predicted molar refractivity (Wildman–Crippen MR) is 67.5 cm³/mol. The van der Waals surface area contributed by atoms with Crippen LogP contribution in [0, 0.1) is 13.8 Å². The van der Waals surface area contributed by atoms with Crippen LogP contribution in [0.15, 0.2) is 18.2 Å². The second-order valence-corrected chi connectivity index (χ2v) is 4.16. The first-order chi connectivity index (χ1) is 7.58. The summed E-state index contributed by atoms with van der Waals surface area (Å²) in [6, 6.07) is 6.24. The van der Waals surface area contributed by atoms with Gasteiger partial charge in [0, 0.05) is 13.1 Å². The van der Waals surface area contributed by atoms with E-state index in [4.69, 9.17) is 0 Å². The van der Waals surface area contributed by atoms with Crippen LogP contribution in [0.5, 0.6) is 0 Å². The van der Waals surface area contributed by atoms with Gasteiger partial charge in [0.25, 0.3) is 0 Å². The van der Waals surface area contributed by atoms with Gasteiger partial charge in [0.2, 0.25) is 5.91 Å². The summed E-state index contributed by atoms with van der Waals surface area (Å²) in [5.74, 6) is 0.216. The Morgan fingerprint density at radius 1 is 1.12 bits per heavy atom. The lowest BCUT2D eigenvalue weighted by Crippen LogP contribution is -2.31. The third-order valence-electron chi connectivity index (χ3n) is 3.04. The topological polar surface area (TPSA) is 20.3 Å².